The van der Waals surface area contributed by atoms with Crippen molar-refractivity contribution < 1.29 is 18.8 Å². The Bertz CT molecular complexity index is 1230. The molecule has 0 unspecified atom stereocenters. The fraction of sp³-hybridized carbons (Fsp3) is 0.357. The molecule has 9 nitrogen and oxygen atoms in total. The Balaban J connectivity index is 1.21. The van der Waals surface area contributed by atoms with Crippen LogP contribution in [0.2, 0.25) is 0 Å². The molecule has 0 saturated carbocycles. The number of hydrogen-bond donors (Lipinski definition) is 1. The van der Waals surface area contributed by atoms with Gasteiger partial charge in [-0.25, -0.2) is 4.98 Å². The van der Waals surface area contributed by atoms with Gasteiger partial charge in [0.1, 0.15) is 6.54 Å². The van der Waals surface area contributed by atoms with E-state index in [0.29, 0.717) is 23.9 Å². The van der Waals surface area contributed by atoms with Crippen LogP contribution < -0.4 is 5.32 Å². The summed E-state index contributed by atoms with van der Waals surface area (Å²) < 4.78 is 5.18. The minimum Gasteiger partial charge on any atom is -0.459 e. The van der Waals surface area contributed by atoms with Crippen LogP contribution in [0.25, 0.3) is 6.08 Å². The highest BCUT2D eigenvalue weighted by molar-refractivity contribution is 7.13. The number of piperazine rings is 1. The molecule has 0 bridgehead atoms. The first kappa shape index (κ1) is 27.3. The molecule has 1 saturated heterocycles. The summed E-state index contributed by atoms with van der Waals surface area (Å²) in [6.07, 6.45) is 5.89. The molecule has 0 aliphatic carbocycles. The maximum atomic E-state index is 12.8. The number of aromatic nitrogens is 1. The monoisotopic (exact) mass is 535 g/mol. The molecule has 1 aliphatic rings. The van der Waals surface area contributed by atoms with Crippen molar-refractivity contribution in [1.29, 1.82) is 0 Å². The van der Waals surface area contributed by atoms with Crippen LogP contribution >= 0.6 is 11.3 Å². The molecule has 0 spiro atoms. The van der Waals surface area contributed by atoms with Crippen LogP contribution in [-0.2, 0) is 16.0 Å². The van der Waals surface area contributed by atoms with Crippen molar-refractivity contribution in [3.63, 3.8) is 0 Å². The first-order chi connectivity index (χ1) is 18.4. The smallest absolute Gasteiger partial charge is 0.290 e. The summed E-state index contributed by atoms with van der Waals surface area (Å²) in [5.74, 6) is -0.491. The Hall–Kier alpha value is -3.76. The average molecular weight is 536 g/mol. The number of nitrogens with one attached hydrogen (secondary N) is 1. The number of furan rings is 1. The zero-order valence-electron chi connectivity index (χ0n) is 21.7. The number of anilines is 1. The minimum atomic E-state index is -0.358. The van der Waals surface area contributed by atoms with E-state index in [2.05, 4.69) is 39.5 Å². The molecule has 2 aromatic heterocycles. The lowest BCUT2D eigenvalue weighted by Gasteiger charge is -2.34. The second-order valence-electron chi connectivity index (χ2n) is 9.37. The summed E-state index contributed by atoms with van der Waals surface area (Å²) in [4.78, 5) is 48.1. The standard InChI is InChI=1S/C28H33N5O4S/c1-21(2)33(27(36)24-11-7-17-37-24)19-25(34)30-28-29-23(20-38-28)18-26(35)32-15-13-31(14-16-32)12-6-10-22-8-4-3-5-9-22/h3-11,17,20-21H,12-16,18-19H2,1-2H3,(H,29,30,34)/b10-6+. The molecule has 4 rings (SSSR count). The second kappa shape index (κ2) is 13.2. The van der Waals surface area contributed by atoms with Gasteiger partial charge in [-0.3, -0.25) is 19.3 Å². The summed E-state index contributed by atoms with van der Waals surface area (Å²) >= 11 is 1.26. The average Bonchev–Trinajstić information content (AvgIpc) is 3.60. The van der Waals surface area contributed by atoms with Crippen LogP contribution in [0.4, 0.5) is 5.13 Å². The largest absolute Gasteiger partial charge is 0.459 e. The number of nitrogens with zero attached hydrogens (tertiary/aromatic N) is 4. The predicted molar refractivity (Wildman–Crippen MR) is 148 cm³/mol. The Kier molecular flexibility index (Phi) is 9.45. The van der Waals surface area contributed by atoms with E-state index in [4.69, 9.17) is 4.42 Å². The molecule has 1 fully saturated rings. The lowest BCUT2D eigenvalue weighted by atomic mass is 10.2. The third-order valence-corrected chi connectivity index (χ3v) is 7.07. The summed E-state index contributed by atoms with van der Waals surface area (Å²) in [5, 5.41) is 4.93. The molecule has 3 aromatic rings. The van der Waals surface area contributed by atoms with Crippen molar-refractivity contribution in [1.82, 2.24) is 19.7 Å². The third kappa shape index (κ3) is 7.62. The molecule has 1 N–H and O–H groups in total. The van der Waals surface area contributed by atoms with Gasteiger partial charge in [-0.15, -0.1) is 11.3 Å². The minimum absolute atomic E-state index is 0.0303. The maximum absolute atomic E-state index is 12.8. The first-order valence-corrected chi connectivity index (χ1v) is 13.6. The van der Waals surface area contributed by atoms with E-state index < -0.39 is 0 Å². The molecule has 38 heavy (non-hydrogen) atoms. The third-order valence-electron chi connectivity index (χ3n) is 6.26. The van der Waals surface area contributed by atoms with Crippen LogP contribution in [0.5, 0.6) is 0 Å². The molecule has 3 amide bonds. The molecule has 0 atom stereocenters. The Morgan fingerprint density at radius 3 is 2.55 bits per heavy atom. The molecule has 1 aromatic carbocycles. The van der Waals surface area contributed by atoms with E-state index in [-0.39, 0.29) is 42.5 Å². The Labute approximate surface area is 226 Å². The van der Waals surface area contributed by atoms with E-state index in [1.807, 2.05) is 36.9 Å². The Morgan fingerprint density at radius 1 is 1.11 bits per heavy atom. The van der Waals surface area contributed by atoms with Crippen molar-refractivity contribution in [3.05, 3.63) is 77.2 Å². The van der Waals surface area contributed by atoms with Crippen LogP contribution in [0.1, 0.15) is 35.7 Å². The highest BCUT2D eigenvalue weighted by Crippen LogP contribution is 2.18. The molecule has 0 radical (unpaired) electrons. The van der Waals surface area contributed by atoms with Gasteiger partial charge < -0.3 is 19.5 Å². The van der Waals surface area contributed by atoms with Crippen LogP contribution in [0.3, 0.4) is 0 Å². The van der Waals surface area contributed by atoms with Gasteiger partial charge in [-0.1, -0.05) is 42.5 Å². The molecule has 10 heteroatoms. The summed E-state index contributed by atoms with van der Waals surface area (Å²) in [6.45, 7) is 7.41. The highest BCUT2D eigenvalue weighted by atomic mass is 32.1. The van der Waals surface area contributed by atoms with Gasteiger partial charge in [0.2, 0.25) is 11.8 Å². The number of hydrogen-bond acceptors (Lipinski definition) is 7. The van der Waals surface area contributed by atoms with E-state index in [1.165, 1.54) is 28.1 Å². The molecular formula is C28H33N5O4S. The normalized spacial score (nSPS) is 14.2. The van der Waals surface area contributed by atoms with Gasteiger partial charge in [0.05, 0.1) is 18.4 Å². The number of carbonyl (C=O) groups is 3. The van der Waals surface area contributed by atoms with Crippen molar-refractivity contribution in [2.24, 2.45) is 0 Å². The quantitative estimate of drug-likeness (QED) is 0.426. The number of benzene rings is 1. The molecular weight excluding hydrogens is 502 g/mol. The van der Waals surface area contributed by atoms with Gasteiger partial charge in [0.25, 0.3) is 5.91 Å². The summed E-state index contributed by atoms with van der Waals surface area (Å²) in [6, 6.07) is 13.2. The number of carbonyl (C=O) groups excluding carboxylic acids is 3. The van der Waals surface area contributed by atoms with Crippen LogP contribution in [-0.4, -0.2) is 82.7 Å². The van der Waals surface area contributed by atoms with E-state index in [1.54, 1.807) is 17.5 Å². The van der Waals surface area contributed by atoms with Crippen molar-refractivity contribution in [2.75, 3.05) is 44.6 Å². The number of amides is 3. The SMILES string of the molecule is CC(C)N(CC(=O)Nc1nc(CC(=O)N2CCN(C/C=C/c3ccccc3)CC2)cs1)C(=O)c1ccco1. The molecule has 3 heterocycles. The molecule has 1 aliphatic heterocycles. The summed E-state index contributed by atoms with van der Waals surface area (Å²) in [7, 11) is 0. The fourth-order valence-electron chi connectivity index (χ4n) is 4.14. The number of thiazole rings is 1. The first-order valence-electron chi connectivity index (χ1n) is 12.7. The Morgan fingerprint density at radius 2 is 1.87 bits per heavy atom. The van der Waals surface area contributed by atoms with Crippen molar-refractivity contribution in [2.45, 2.75) is 26.3 Å². The fourth-order valence-corrected chi connectivity index (χ4v) is 4.86. The predicted octanol–water partition coefficient (Wildman–Crippen LogP) is 3.63. The second-order valence-corrected chi connectivity index (χ2v) is 10.2. The van der Waals surface area contributed by atoms with E-state index >= 15 is 0 Å². The van der Waals surface area contributed by atoms with Crippen LogP contribution in [0, 0.1) is 0 Å². The van der Waals surface area contributed by atoms with Crippen molar-refractivity contribution in [3.8, 4) is 0 Å². The van der Waals surface area contributed by atoms with Crippen LogP contribution in [0.15, 0.2) is 64.6 Å². The van der Waals surface area contributed by atoms with Gasteiger partial charge in [0.15, 0.2) is 10.9 Å². The van der Waals surface area contributed by atoms with E-state index in [0.717, 1.165) is 19.6 Å². The number of rotatable bonds is 10. The van der Waals surface area contributed by atoms with Gasteiger partial charge >= 0.3 is 0 Å². The van der Waals surface area contributed by atoms with Gasteiger partial charge in [0, 0.05) is 44.1 Å². The van der Waals surface area contributed by atoms with E-state index in [9.17, 15) is 14.4 Å². The highest BCUT2D eigenvalue weighted by Gasteiger charge is 2.24. The zero-order chi connectivity index (χ0) is 26.9. The lowest BCUT2D eigenvalue weighted by molar-refractivity contribution is -0.132. The van der Waals surface area contributed by atoms with Crippen molar-refractivity contribution >= 4 is 40.3 Å². The lowest BCUT2D eigenvalue weighted by Crippen LogP contribution is -2.49. The molecule has 200 valence electrons. The maximum Gasteiger partial charge on any atom is 0.290 e. The summed E-state index contributed by atoms with van der Waals surface area (Å²) in [5.41, 5.74) is 1.80. The zero-order valence-corrected chi connectivity index (χ0v) is 22.5. The van der Waals surface area contributed by atoms with Gasteiger partial charge in [-0.2, -0.15) is 0 Å². The topological polar surface area (TPSA) is 99.0 Å². The van der Waals surface area contributed by atoms with Gasteiger partial charge in [-0.05, 0) is 31.5 Å².